The molecule has 0 fully saturated rings. The highest BCUT2D eigenvalue weighted by Gasteiger charge is 2.23. The minimum atomic E-state index is 0.0349. The molecule has 1 aromatic carbocycles. The van der Waals surface area contributed by atoms with Gasteiger partial charge in [0, 0.05) is 5.56 Å². The van der Waals surface area contributed by atoms with Crippen LogP contribution in [-0.2, 0) is 11.8 Å². The summed E-state index contributed by atoms with van der Waals surface area (Å²) >= 11 is 0. The zero-order valence-electron chi connectivity index (χ0n) is 19.3. The molecule has 0 radical (unpaired) electrons. The van der Waals surface area contributed by atoms with Crippen molar-refractivity contribution in [2.75, 3.05) is 7.11 Å². The van der Waals surface area contributed by atoms with E-state index in [-0.39, 0.29) is 5.41 Å². The van der Waals surface area contributed by atoms with E-state index in [9.17, 15) is 5.11 Å². The molecule has 158 valence electrons. The Balaban J connectivity index is 2.91. The summed E-state index contributed by atoms with van der Waals surface area (Å²) in [5.41, 5.74) is 4.79. The average molecular weight is 387 g/mol. The monoisotopic (exact) mass is 386 g/mol. The molecule has 1 N–H and O–H groups in total. The van der Waals surface area contributed by atoms with Gasteiger partial charge in [-0.25, -0.2) is 0 Å². The molecule has 0 heterocycles. The topological polar surface area (TPSA) is 29.5 Å². The number of hydrogen-bond acceptors (Lipinski definition) is 2. The van der Waals surface area contributed by atoms with Crippen LogP contribution < -0.4 is 4.74 Å². The number of phenolic OH excluding ortho intramolecular Hbond substituents is 1. The van der Waals surface area contributed by atoms with Crippen LogP contribution in [0.1, 0.15) is 97.6 Å². The van der Waals surface area contributed by atoms with E-state index < -0.39 is 0 Å². The van der Waals surface area contributed by atoms with Gasteiger partial charge in [0.15, 0.2) is 0 Å². The molecule has 0 spiro atoms. The van der Waals surface area contributed by atoms with Gasteiger partial charge < -0.3 is 9.84 Å². The lowest BCUT2D eigenvalue weighted by Gasteiger charge is -2.27. The summed E-state index contributed by atoms with van der Waals surface area (Å²) in [6, 6.07) is 4.07. The van der Waals surface area contributed by atoms with Gasteiger partial charge in [-0.05, 0) is 69.6 Å². The highest BCUT2D eigenvalue weighted by atomic mass is 16.5. The Morgan fingerprint density at radius 3 is 2.39 bits per heavy atom. The number of rotatable bonds is 12. The first kappa shape index (κ1) is 24.3. The molecule has 1 rings (SSSR count). The molecule has 0 bridgehead atoms. The summed E-state index contributed by atoms with van der Waals surface area (Å²) in [6.45, 7) is 13.2. The van der Waals surface area contributed by atoms with Gasteiger partial charge in [-0.15, -0.1) is 0 Å². The van der Waals surface area contributed by atoms with Gasteiger partial charge in [-0.2, -0.15) is 0 Å². The molecule has 0 saturated heterocycles. The SMILES string of the molecule is CCCCCCC(C)(C)c1cc(O)c(CC=C(C)CCC=C(C)C)c(OC)c1. The van der Waals surface area contributed by atoms with Crippen LogP contribution in [0.5, 0.6) is 11.5 Å². The van der Waals surface area contributed by atoms with Crippen molar-refractivity contribution in [3.8, 4) is 11.5 Å². The van der Waals surface area contributed by atoms with E-state index in [1.807, 2.05) is 6.07 Å². The zero-order chi connectivity index (χ0) is 21.2. The van der Waals surface area contributed by atoms with Gasteiger partial charge in [0.05, 0.1) is 7.11 Å². The van der Waals surface area contributed by atoms with Crippen LogP contribution in [-0.4, -0.2) is 12.2 Å². The molecular formula is C26H42O2. The molecule has 28 heavy (non-hydrogen) atoms. The second kappa shape index (κ2) is 12.0. The Kier molecular flexibility index (Phi) is 10.4. The third-order valence-corrected chi connectivity index (χ3v) is 5.59. The van der Waals surface area contributed by atoms with Crippen LogP contribution >= 0.6 is 0 Å². The van der Waals surface area contributed by atoms with E-state index in [0.717, 1.165) is 36.1 Å². The standard InChI is InChI=1S/C26H42O2/c1-8-9-10-11-17-26(5,6)22-18-24(27)23(25(19-22)28-7)16-15-21(4)14-12-13-20(2)3/h13,15,18-19,27H,8-12,14,16-17H2,1-7H3. The van der Waals surface area contributed by atoms with Crippen molar-refractivity contribution in [2.24, 2.45) is 0 Å². The first-order valence-corrected chi connectivity index (χ1v) is 10.9. The number of ether oxygens (including phenoxy) is 1. The van der Waals surface area contributed by atoms with Crippen LogP contribution in [0.25, 0.3) is 0 Å². The van der Waals surface area contributed by atoms with Crippen molar-refractivity contribution in [1.29, 1.82) is 0 Å². The molecule has 2 heteroatoms. The molecule has 0 saturated carbocycles. The first-order valence-electron chi connectivity index (χ1n) is 10.9. The quantitative estimate of drug-likeness (QED) is 0.292. The minimum absolute atomic E-state index is 0.0349. The smallest absolute Gasteiger partial charge is 0.126 e. The molecule has 0 aromatic heterocycles. The van der Waals surface area contributed by atoms with Gasteiger partial charge in [0.2, 0.25) is 0 Å². The lowest BCUT2D eigenvalue weighted by atomic mass is 9.79. The second-order valence-electron chi connectivity index (χ2n) is 8.95. The molecular weight excluding hydrogens is 344 g/mol. The highest BCUT2D eigenvalue weighted by Crippen LogP contribution is 2.38. The lowest BCUT2D eigenvalue weighted by molar-refractivity contribution is 0.392. The summed E-state index contributed by atoms with van der Waals surface area (Å²) in [5.74, 6) is 1.15. The number of benzene rings is 1. The van der Waals surface area contributed by atoms with E-state index in [0.29, 0.717) is 12.2 Å². The number of hydrogen-bond donors (Lipinski definition) is 1. The fourth-order valence-electron chi connectivity index (χ4n) is 3.51. The third-order valence-electron chi connectivity index (χ3n) is 5.59. The number of methoxy groups -OCH3 is 1. The Morgan fingerprint density at radius 1 is 1.07 bits per heavy atom. The summed E-state index contributed by atoms with van der Waals surface area (Å²) in [7, 11) is 1.70. The summed E-state index contributed by atoms with van der Waals surface area (Å²) < 4.78 is 5.65. The summed E-state index contributed by atoms with van der Waals surface area (Å²) in [6.07, 6.45) is 13.5. The number of phenols is 1. The number of allylic oxidation sites excluding steroid dienone is 4. The average Bonchev–Trinajstić information content (AvgIpc) is 2.63. The Hall–Kier alpha value is -1.70. The van der Waals surface area contributed by atoms with Crippen LogP contribution in [0.2, 0.25) is 0 Å². The Bertz CT molecular complexity index is 661. The van der Waals surface area contributed by atoms with Crippen LogP contribution in [0.4, 0.5) is 0 Å². The Morgan fingerprint density at radius 2 is 1.79 bits per heavy atom. The molecule has 0 unspecified atom stereocenters. The van der Waals surface area contributed by atoms with Crippen molar-refractivity contribution in [3.63, 3.8) is 0 Å². The largest absolute Gasteiger partial charge is 0.508 e. The summed E-state index contributed by atoms with van der Waals surface area (Å²) in [5, 5.41) is 10.7. The van der Waals surface area contributed by atoms with E-state index in [1.165, 1.54) is 36.8 Å². The van der Waals surface area contributed by atoms with Crippen LogP contribution in [0, 0.1) is 0 Å². The fourth-order valence-corrected chi connectivity index (χ4v) is 3.51. The molecule has 0 amide bonds. The van der Waals surface area contributed by atoms with Crippen LogP contribution in [0.3, 0.4) is 0 Å². The molecule has 2 nitrogen and oxygen atoms in total. The van der Waals surface area contributed by atoms with E-state index in [4.69, 9.17) is 4.74 Å². The second-order valence-corrected chi connectivity index (χ2v) is 8.95. The first-order chi connectivity index (χ1) is 13.2. The van der Waals surface area contributed by atoms with Crippen LogP contribution in [0.15, 0.2) is 35.4 Å². The van der Waals surface area contributed by atoms with E-state index >= 15 is 0 Å². The predicted octanol–water partition coefficient (Wildman–Crippen LogP) is 7.88. The van der Waals surface area contributed by atoms with Crippen molar-refractivity contribution in [2.45, 2.75) is 98.3 Å². The zero-order valence-corrected chi connectivity index (χ0v) is 19.3. The van der Waals surface area contributed by atoms with Gasteiger partial charge in [0.1, 0.15) is 11.5 Å². The van der Waals surface area contributed by atoms with Crippen molar-refractivity contribution in [3.05, 3.63) is 46.6 Å². The van der Waals surface area contributed by atoms with Gasteiger partial charge in [0.25, 0.3) is 0 Å². The maximum atomic E-state index is 10.7. The van der Waals surface area contributed by atoms with Crippen molar-refractivity contribution >= 4 is 0 Å². The molecule has 0 aliphatic heterocycles. The molecule has 0 atom stereocenters. The Labute approximate surface area is 173 Å². The van der Waals surface area contributed by atoms with Crippen molar-refractivity contribution in [1.82, 2.24) is 0 Å². The number of unbranched alkanes of at least 4 members (excludes halogenated alkanes) is 3. The van der Waals surface area contributed by atoms with Gasteiger partial charge in [-0.1, -0.05) is 69.8 Å². The lowest BCUT2D eigenvalue weighted by Crippen LogP contribution is -2.17. The minimum Gasteiger partial charge on any atom is -0.508 e. The summed E-state index contributed by atoms with van der Waals surface area (Å²) in [4.78, 5) is 0. The van der Waals surface area contributed by atoms with E-state index in [1.54, 1.807) is 7.11 Å². The van der Waals surface area contributed by atoms with Crippen molar-refractivity contribution < 1.29 is 9.84 Å². The normalized spacial score (nSPS) is 12.2. The maximum Gasteiger partial charge on any atom is 0.126 e. The molecule has 1 aromatic rings. The maximum absolute atomic E-state index is 10.7. The highest BCUT2D eigenvalue weighted by molar-refractivity contribution is 5.50. The fraction of sp³-hybridized carbons (Fsp3) is 0.615. The molecule has 0 aliphatic carbocycles. The molecule has 0 aliphatic rings. The predicted molar refractivity (Wildman–Crippen MR) is 123 cm³/mol. The van der Waals surface area contributed by atoms with Gasteiger partial charge >= 0.3 is 0 Å². The van der Waals surface area contributed by atoms with Gasteiger partial charge in [-0.3, -0.25) is 0 Å². The van der Waals surface area contributed by atoms with E-state index in [2.05, 4.69) is 59.8 Å². The number of aromatic hydroxyl groups is 1. The third kappa shape index (κ3) is 8.12.